The second-order valence-corrected chi connectivity index (χ2v) is 7.06. The van der Waals surface area contributed by atoms with E-state index >= 15 is 0 Å². The van der Waals surface area contributed by atoms with Crippen molar-refractivity contribution >= 4 is 16.9 Å². The highest BCUT2D eigenvalue weighted by atomic mass is 32.2. The van der Waals surface area contributed by atoms with Crippen molar-refractivity contribution in [1.29, 1.82) is 0 Å². The van der Waals surface area contributed by atoms with Crippen molar-refractivity contribution in [2.75, 3.05) is 26.3 Å². The number of ether oxygens (including phenoxy) is 1. The van der Waals surface area contributed by atoms with Gasteiger partial charge in [-0.05, 0) is 11.8 Å². The van der Waals surface area contributed by atoms with Gasteiger partial charge in [0.15, 0.2) is 5.12 Å². The number of carbonyl (C=O) groups excluding carboxylic acids is 1. The van der Waals surface area contributed by atoms with Crippen LogP contribution in [0.15, 0.2) is 0 Å². The summed E-state index contributed by atoms with van der Waals surface area (Å²) < 4.78 is 5.44. The van der Waals surface area contributed by atoms with E-state index in [-0.39, 0.29) is 5.12 Å². The average Bonchev–Trinajstić information content (AvgIpc) is 2.28. The first-order valence-corrected chi connectivity index (χ1v) is 7.80. The highest BCUT2D eigenvalue weighted by Gasteiger charge is 2.34. The number of rotatable bonds is 5. The Kier molecular flexibility index (Phi) is 6.67. The van der Waals surface area contributed by atoms with Gasteiger partial charge in [-0.1, -0.05) is 39.5 Å². The van der Waals surface area contributed by atoms with E-state index < -0.39 is 0 Å². The Bertz CT molecular complexity index is 263. The smallest absolute Gasteiger partial charge is 0.186 e. The van der Waals surface area contributed by atoms with E-state index in [4.69, 9.17) is 4.74 Å². The zero-order valence-electron chi connectivity index (χ0n) is 12.3. The van der Waals surface area contributed by atoms with Crippen LogP contribution in [0.1, 0.15) is 34.6 Å². The highest BCUT2D eigenvalue weighted by molar-refractivity contribution is 8.14. The molecule has 0 unspecified atom stereocenters. The maximum absolute atomic E-state index is 11.5. The minimum absolute atomic E-state index is 0.229. The monoisotopic (exact) mass is 273 g/mol. The summed E-state index contributed by atoms with van der Waals surface area (Å²) in [5, 5.41) is 0.605. The molecule has 0 aromatic carbocycles. The third-order valence-corrected chi connectivity index (χ3v) is 4.87. The van der Waals surface area contributed by atoms with E-state index in [0.717, 1.165) is 26.3 Å². The molecule has 0 aliphatic carbocycles. The Labute approximate surface area is 116 Å². The molecular weight excluding hydrogens is 246 g/mol. The summed E-state index contributed by atoms with van der Waals surface area (Å²) in [6.07, 6.45) is 0. The van der Waals surface area contributed by atoms with E-state index in [1.54, 1.807) is 6.92 Å². The number of morpholine rings is 1. The van der Waals surface area contributed by atoms with Crippen LogP contribution in [0.3, 0.4) is 0 Å². The number of hydrogen-bond donors (Lipinski definition) is 0. The summed E-state index contributed by atoms with van der Waals surface area (Å²) in [5.41, 5.74) is 0. The van der Waals surface area contributed by atoms with Crippen LogP contribution in [0.25, 0.3) is 0 Å². The Morgan fingerprint density at radius 2 is 1.67 bits per heavy atom. The lowest BCUT2D eigenvalue weighted by molar-refractivity contribution is -0.109. The summed E-state index contributed by atoms with van der Waals surface area (Å²) >= 11 is 1.52. The number of carbonyl (C=O) groups is 1. The van der Waals surface area contributed by atoms with E-state index in [0.29, 0.717) is 23.1 Å². The predicted molar refractivity (Wildman–Crippen MR) is 77.9 cm³/mol. The SMILES string of the molecule is CC(=O)S[C@H](C(C)C)[C@H](C(C)C)N1CCOCC1. The van der Waals surface area contributed by atoms with Crippen LogP contribution in [-0.2, 0) is 9.53 Å². The second kappa shape index (κ2) is 7.51. The fraction of sp³-hybridized carbons (Fsp3) is 0.929. The predicted octanol–water partition coefficient (Wildman–Crippen LogP) is 2.65. The molecule has 1 aliphatic heterocycles. The Balaban J connectivity index is 2.81. The molecule has 1 aliphatic rings. The molecule has 106 valence electrons. The minimum Gasteiger partial charge on any atom is -0.379 e. The van der Waals surface area contributed by atoms with Crippen molar-refractivity contribution in [3.63, 3.8) is 0 Å². The number of nitrogens with zero attached hydrogens (tertiary/aromatic N) is 1. The molecule has 0 bridgehead atoms. The van der Waals surface area contributed by atoms with E-state index in [2.05, 4.69) is 32.6 Å². The molecule has 1 rings (SSSR count). The molecule has 0 aromatic rings. The van der Waals surface area contributed by atoms with Gasteiger partial charge < -0.3 is 4.74 Å². The van der Waals surface area contributed by atoms with E-state index in [1.165, 1.54) is 11.8 Å². The first kappa shape index (κ1) is 16.0. The van der Waals surface area contributed by atoms with Crippen LogP contribution in [0.2, 0.25) is 0 Å². The molecule has 1 saturated heterocycles. The molecule has 0 spiro atoms. The van der Waals surface area contributed by atoms with Crippen LogP contribution in [0, 0.1) is 11.8 Å². The molecule has 0 N–H and O–H groups in total. The highest BCUT2D eigenvalue weighted by Crippen LogP contribution is 2.31. The zero-order valence-corrected chi connectivity index (χ0v) is 13.1. The van der Waals surface area contributed by atoms with Gasteiger partial charge >= 0.3 is 0 Å². The van der Waals surface area contributed by atoms with Gasteiger partial charge in [0.2, 0.25) is 0 Å². The largest absolute Gasteiger partial charge is 0.379 e. The van der Waals surface area contributed by atoms with Gasteiger partial charge in [0.25, 0.3) is 0 Å². The van der Waals surface area contributed by atoms with Crippen LogP contribution >= 0.6 is 11.8 Å². The summed E-state index contributed by atoms with van der Waals surface area (Å²) in [5.74, 6) is 1.07. The molecule has 1 heterocycles. The van der Waals surface area contributed by atoms with Crippen molar-refractivity contribution in [3.8, 4) is 0 Å². The van der Waals surface area contributed by atoms with Gasteiger partial charge in [0.05, 0.1) is 13.2 Å². The molecule has 0 radical (unpaired) electrons. The summed E-state index contributed by atoms with van der Waals surface area (Å²) in [4.78, 5) is 14.0. The lowest BCUT2D eigenvalue weighted by Crippen LogP contribution is -2.52. The van der Waals surface area contributed by atoms with Crippen molar-refractivity contribution in [2.24, 2.45) is 11.8 Å². The maximum atomic E-state index is 11.5. The topological polar surface area (TPSA) is 29.5 Å². The van der Waals surface area contributed by atoms with Gasteiger partial charge in [-0.2, -0.15) is 0 Å². The quantitative estimate of drug-likeness (QED) is 0.770. The van der Waals surface area contributed by atoms with Gasteiger partial charge in [-0.15, -0.1) is 0 Å². The van der Waals surface area contributed by atoms with Gasteiger partial charge in [0, 0.05) is 31.3 Å². The normalized spacial score (nSPS) is 21.3. The van der Waals surface area contributed by atoms with Gasteiger partial charge in [0.1, 0.15) is 0 Å². The molecule has 4 heteroatoms. The van der Waals surface area contributed by atoms with Crippen molar-refractivity contribution < 1.29 is 9.53 Å². The van der Waals surface area contributed by atoms with Crippen molar-refractivity contribution in [3.05, 3.63) is 0 Å². The number of hydrogen-bond acceptors (Lipinski definition) is 4. The number of thioether (sulfide) groups is 1. The first-order valence-electron chi connectivity index (χ1n) is 6.92. The molecule has 0 saturated carbocycles. The van der Waals surface area contributed by atoms with Crippen molar-refractivity contribution in [1.82, 2.24) is 4.90 Å². The standard InChI is InChI=1S/C14H27NO2S/c1-10(2)13(15-6-8-17-9-7-15)14(11(3)4)18-12(5)16/h10-11,13-14H,6-9H2,1-5H3/t13-,14+/m0/s1. The average molecular weight is 273 g/mol. The lowest BCUT2D eigenvalue weighted by Gasteiger charge is -2.42. The maximum Gasteiger partial charge on any atom is 0.186 e. The van der Waals surface area contributed by atoms with Crippen LogP contribution in [0.5, 0.6) is 0 Å². The lowest BCUT2D eigenvalue weighted by atomic mass is 9.92. The molecule has 0 amide bonds. The fourth-order valence-electron chi connectivity index (χ4n) is 2.68. The van der Waals surface area contributed by atoms with Crippen LogP contribution in [-0.4, -0.2) is 47.6 Å². The molecule has 3 nitrogen and oxygen atoms in total. The Hall–Kier alpha value is -0.0600. The molecule has 18 heavy (non-hydrogen) atoms. The molecule has 1 fully saturated rings. The van der Waals surface area contributed by atoms with Gasteiger partial charge in [-0.25, -0.2) is 0 Å². The molecule has 0 aromatic heterocycles. The van der Waals surface area contributed by atoms with E-state index in [9.17, 15) is 4.79 Å². The third kappa shape index (κ3) is 4.56. The first-order chi connectivity index (χ1) is 8.43. The molecule has 2 atom stereocenters. The van der Waals surface area contributed by atoms with Gasteiger partial charge in [-0.3, -0.25) is 9.69 Å². The second-order valence-electron chi connectivity index (χ2n) is 5.70. The zero-order chi connectivity index (χ0) is 13.7. The summed E-state index contributed by atoms with van der Waals surface area (Å²) in [6, 6.07) is 0.461. The van der Waals surface area contributed by atoms with Crippen molar-refractivity contribution in [2.45, 2.75) is 45.9 Å². The fourth-order valence-corrected chi connectivity index (χ4v) is 3.96. The van der Waals surface area contributed by atoms with Crippen LogP contribution < -0.4 is 0 Å². The van der Waals surface area contributed by atoms with E-state index in [1.807, 2.05) is 0 Å². The Morgan fingerprint density at radius 1 is 1.11 bits per heavy atom. The minimum atomic E-state index is 0.229. The van der Waals surface area contributed by atoms with Crippen LogP contribution in [0.4, 0.5) is 0 Å². The third-order valence-electron chi connectivity index (χ3n) is 3.45. The molecular formula is C14H27NO2S. The Morgan fingerprint density at radius 3 is 2.06 bits per heavy atom. The summed E-state index contributed by atoms with van der Waals surface area (Å²) in [7, 11) is 0. The summed E-state index contributed by atoms with van der Waals surface area (Å²) in [6.45, 7) is 14.3.